The molecule has 20 heavy (non-hydrogen) atoms. The van der Waals surface area contributed by atoms with E-state index in [1.807, 2.05) is 0 Å². The largest absolute Gasteiger partial charge is 0.480 e. The lowest BCUT2D eigenvalue weighted by Gasteiger charge is -2.44. The van der Waals surface area contributed by atoms with E-state index in [2.05, 4.69) is 5.32 Å². The van der Waals surface area contributed by atoms with Crippen LogP contribution in [0.5, 0.6) is 0 Å². The number of carbonyl (C=O) groups excluding carboxylic acids is 1. The fourth-order valence-corrected chi connectivity index (χ4v) is 3.39. The third-order valence-corrected chi connectivity index (χ3v) is 4.98. The van der Waals surface area contributed by atoms with Crippen LogP contribution in [0.4, 0.5) is 4.79 Å². The molecule has 0 bridgehead atoms. The summed E-state index contributed by atoms with van der Waals surface area (Å²) in [5.74, 6) is -1.01. The Morgan fingerprint density at radius 2 is 1.60 bits per heavy atom. The first-order chi connectivity index (χ1) is 9.35. The molecule has 0 aromatic carbocycles. The van der Waals surface area contributed by atoms with E-state index in [1.54, 1.807) is 4.90 Å². The highest BCUT2D eigenvalue weighted by Crippen LogP contribution is 2.44. The van der Waals surface area contributed by atoms with Crippen molar-refractivity contribution in [3.05, 3.63) is 0 Å². The molecule has 0 aromatic rings. The Hall–Kier alpha value is -1.26. The molecule has 2 fully saturated rings. The number of hydrogen-bond acceptors (Lipinski definition) is 2. The molecule has 1 spiro atoms. The fourth-order valence-electron chi connectivity index (χ4n) is 3.39. The van der Waals surface area contributed by atoms with Crippen molar-refractivity contribution >= 4 is 12.0 Å². The number of likely N-dealkylation sites (tertiary alicyclic amines) is 1. The quantitative estimate of drug-likeness (QED) is 0.818. The van der Waals surface area contributed by atoms with Crippen molar-refractivity contribution in [1.29, 1.82) is 0 Å². The van der Waals surface area contributed by atoms with Gasteiger partial charge in [0, 0.05) is 13.1 Å². The van der Waals surface area contributed by atoms with Crippen LogP contribution in [0.15, 0.2) is 0 Å². The summed E-state index contributed by atoms with van der Waals surface area (Å²) in [6.07, 6.45) is 8.70. The third-order valence-electron chi connectivity index (χ3n) is 4.98. The highest BCUT2D eigenvalue weighted by molar-refractivity contribution is 5.85. The summed E-state index contributed by atoms with van der Waals surface area (Å²) in [7, 11) is 0. The number of carbonyl (C=O) groups is 2. The van der Waals surface area contributed by atoms with Crippen LogP contribution in [0.3, 0.4) is 0 Å². The van der Waals surface area contributed by atoms with Crippen LogP contribution in [0.2, 0.25) is 0 Å². The highest BCUT2D eigenvalue weighted by Gasteiger charge is 2.38. The average molecular weight is 282 g/mol. The van der Waals surface area contributed by atoms with Gasteiger partial charge in [0.2, 0.25) is 0 Å². The zero-order chi connectivity index (χ0) is 14.8. The summed E-state index contributed by atoms with van der Waals surface area (Å²) in [4.78, 5) is 25.0. The molecule has 1 heterocycles. The number of aliphatic carboxylic acids is 1. The van der Waals surface area contributed by atoms with E-state index >= 15 is 0 Å². The first-order valence-corrected chi connectivity index (χ1v) is 7.65. The normalized spacial score (nSPS) is 22.6. The second-order valence-electron chi connectivity index (χ2n) is 6.91. The molecule has 1 aliphatic heterocycles. The van der Waals surface area contributed by atoms with Crippen molar-refractivity contribution in [2.24, 2.45) is 5.41 Å². The van der Waals surface area contributed by atoms with E-state index in [0.29, 0.717) is 5.41 Å². The third kappa shape index (κ3) is 3.25. The zero-order valence-corrected chi connectivity index (χ0v) is 12.6. The first kappa shape index (κ1) is 15.1. The Labute approximate surface area is 120 Å². The van der Waals surface area contributed by atoms with Crippen LogP contribution >= 0.6 is 0 Å². The van der Waals surface area contributed by atoms with E-state index in [1.165, 1.54) is 46.0 Å². The number of carboxylic acid groups (broad SMARTS) is 1. The predicted octanol–water partition coefficient (Wildman–Crippen LogP) is 2.61. The molecular formula is C15H26N2O3. The smallest absolute Gasteiger partial charge is 0.328 e. The molecule has 2 aliphatic rings. The Kier molecular flexibility index (Phi) is 4.25. The molecule has 0 unspecified atom stereocenters. The molecule has 2 N–H and O–H groups in total. The number of urea groups is 1. The van der Waals surface area contributed by atoms with Gasteiger partial charge in [-0.1, -0.05) is 19.3 Å². The summed E-state index contributed by atoms with van der Waals surface area (Å²) in [6, 6.07) is -0.247. The molecule has 0 atom stereocenters. The van der Waals surface area contributed by atoms with Gasteiger partial charge in [-0.2, -0.15) is 0 Å². The maximum atomic E-state index is 12.1. The van der Waals surface area contributed by atoms with Gasteiger partial charge < -0.3 is 15.3 Å². The zero-order valence-electron chi connectivity index (χ0n) is 12.6. The van der Waals surface area contributed by atoms with E-state index in [9.17, 15) is 9.59 Å². The van der Waals surface area contributed by atoms with E-state index in [0.717, 1.165) is 25.9 Å². The Morgan fingerprint density at radius 3 is 2.10 bits per heavy atom. The van der Waals surface area contributed by atoms with Crippen LogP contribution in [0.1, 0.15) is 58.8 Å². The Morgan fingerprint density at radius 1 is 1.05 bits per heavy atom. The van der Waals surface area contributed by atoms with Crippen molar-refractivity contribution in [1.82, 2.24) is 10.2 Å². The van der Waals surface area contributed by atoms with E-state index in [-0.39, 0.29) is 6.03 Å². The molecule has 5 nitrogen and oxygen atoms in total. The first-order valence-electron chi connectivity index (χ1n) is 7.65. The van der Waals surface area contributed by atoms with Crippen molar-refractivity contribution in [2.75, 3.05) is 13.1 Å². The predicted molar refractivity (Wildman–Crippen MR) is 76.6 cm³/mol. The van der Waals surface area contributed by atoms with Gasteiger partial charge >= 0.3 is 12.0 Å². The molecule has 1 saturated heterocycles. The SMILES string of the molecule is CC(C)(NC(=O)N1CCC2(CCCCC2)CC1)C(=O)O. The number of hydrogen-bond donors (Lipinski definition) is 2. The van der Waals surface area contributed by atoms with Crippen LogP contribution in [-0.4, -0.2) is 40.6 Å². The van der Waals surface area contributed by atoms with Gasteiger partial charge in [0.15, 0.2) is 0 Å². The number of rotatable bonds is 2. The van der Waals surface area contributed by atoms with E-state index < -0.39 is 11.5 Å². The maximum absolute atomic E-state index is 12.1. The molecule has 114 valence electrons. The lowest BCUT2D eigenvalue weighted by atomic mass is 9.68. The molecule has 0 aromatic heterocycles. The van der Waals surface area contributed by atoms with Crippen molar-refractivity contribution in [3.8, 4) is 0 Å². The van der Waals surface area contributed by atoms with E-state index in [4.69, 9.17) is 5.11 Å². The minimum atomic E-state index is -1.21. The monoisotopic (exact) mass is 282 g/mol. The van der Waals surface area contributed by atoms with Crippen LogP contribution in [0, 0.1) is 5.41 Å². The fraction of sp³-hybridized carbons (Fsp3) is 0.867. The molecule has 2 rings (SSSR count). The second-order valence-corrected chi connectivity index (χ2v) is 6.91. The van der Waals surface area contributed by atoms with Crippen molar-refractivity contribution < 1.29 is 14.7 Å². The Balaban J connectivity index is 1.87. The standard InChI is InChI=1S/C15H26N2O3/c1-14(2,12(18)19)16-13(20)17-10-8-15(9-11-17)6-4-3-5-7-15/h3-11H2,1-2H3,(H,16,20)(H,18,19). The van der Waals surface area contributed by atoms with Crippen LogP contribution in [0.25, 0.3) is 0 Å². The number of amides is 2. The molecule has 2 amide bonds. The summed E-state index contributed by atoms with van der Waals surface area (Å²) in [5, 5.41) is 11.7. The average Bonchev–Trinajstić information content (AvgIpc) is 2.39. The molecule has 5 heteroatoms. The van der Waals surface area contributed by atoms with Gasteiger partial charge in [-0.25, -0.2) is 9.59 Å². The van der Waals surface area contributed by atoms with Gasteiger partial charge in [-0.3, -0.25) is 0 Å². The lowest BCUT2D eigenvalue weighted by Crippen LogP contribution is -2.56. The molecular weight excluding hydrogens is 256 g/mol. The minimum absolute atomic E-state index is 0.247. The molecule has 0 radical (unpaired) electrons. The highest BCUT2D eigenvalue weighted by atomic mass is 16.4. The Bertz CT molecular complexity index is 377. The summed E-state index contributed by atoms with van der Waals surface area (Å²) >= 11 is 0. The van der Waals surface area contributed by atoms with Crippen LogP contribution < -0.4 is 5.32 Å². The topological polar surface area (TPSA) is 69.6 Å². The summed E-state index contributed by atoms with van der Waals surface area (Å²) < 4.78 is 0. The van der Waals surface area contributed by atoms with Crippen molar-refractivity contribution in [3.63, 3.8) is 0 Å². The summed E-state index contributed by atoms with van der Waals surface area (Å²) in [6.45, 7) is 4.53. The number of piperidine rings is 1. The van der Waals surface area contributed by atoms with Gasteiger partial charge in [-0.05, 0) is 44.9 Å². The summed E-state index contributed by atoms with van der Waals surface area (Å²) in [5.41, 5.74) is -0.756. The number of nitrogens with one attached hydrogen (secondary N) is 1. The van der Waals surface area contributed by atoms with Gasteiger partial charge in [-0.15, -0.1) is 0 Å². The van der Waals surface area contributed by atoms with Crippen LogP contribution in [-0.2, 0) is 4.79 Å². The minimum Gasteiger partial charge on any atom is -0.480 e. The second kappa shape index (κ2) is 5.62. The number of carboxylic acids is 1. The molecule has 1 aliphatic carbocycles. The molecule has 1 saturated carbocycles. The van der Waals surface area contributed by atoms with Crippen molar-refractivity contribution in [2.45, 2.75) is 64.3 Å². The van der Waals surface area contributed by atoms with Gasteiger partial charge in [0.05, 0.1) is 0 Å². The van der Waals surface area contributed by atoms with Gasteiger partial charge in [0.25, 0.3) is 0 Å². The maximum Gasteiger partial charge on any atom is 0.328 e. The lowest BCUT2D eigenvalue weighted by molar-refractivity contribution is -0.143. The van der Waals surface area contributed by atoms with Gasteiger partial charge in [0.1, 0.15) is 5.54 Å². The number of nitrogens with zero attached hydrogens (tertiary/aromatic N) is 1.